The minimum absolute atomic E-state index is 0.521. The second kappa shape index (κ2) is 15.4. The normalized spacial score (nSPS) is 11.9. The number of rotatable bonds is 6. The van der Waals surface area contributed by atoms with Crippen molar-refractivity contribution in [3.8, 4) is 62.1 Å². The van der Waals surface area contributed by atoms with Gasteiger partial charge < -0.3 is 13.4 Å². The smallest absolute Gasteiger partial charge is 0.167 e. The van der Waals surface area contributed by atoms with Gasteiger partial charge in [-0.25, -0.2) is 15.0 Å². The van der Waals surface area contributed by atoms with Gasteiger partial charge in [0.2, 0.25) is 0 Å². The highest BCUT2D eigenvalue weighted by molar-refractivity contribution is 6.17. The lowest BCUT2D eigenvalue weighted by molar-refractivity contribution is 0.668. The maximum Gasteiger partial charge on any atom is 0.167 e. The first-order chi connectivity index (χ1) is 35.2. The van der Waals surface area contributed by atoms with Gasteiger partial charge in [-0.1, -0.05) is 176 Å². The summed E-state index contributed by atoms with van der Waals surface area (Å²) in [5.74, 6) is 1.62. The van der Waals surface area contributed by atoms with E-state index in [9.17, 15) is 0 Å². The first-order valence-corrected chi connectivity index (χ1v) is 23.9. The highest BCUT2D eigenvalue weighted by atomic mass is 16.3. The van der Waals surface area contributed by atoms with Crippen molar-refractivity contribution in [1.29, 1.82) is 0 Å². The molecule has 0 amide bonds. The molecule has 0 aliphatic rings. The van der Waals surface area contributed by atoms with Crippen LogP contribution in [0.1, 0.15) is 0 Å². The molecular formula is C65H38N4O2. The number of furan rings is 2. The van der Waals surface area contributed by atoms with Crippen molar-refractivity contribution in [2.45, 2.75) is 0 Å². The van der Waals surface area contributed by atoms with Crippen molar-refractivity contribution >= 4 is 87.2 Å². The minimum atomic E-state index is 0.521. The molecule has 4 heterocycles. The molecule has 330 valence electrons. The van der Waals surface area contributed by atoms with Crippen LogP contribution in [0.2, 0.25) is 0 Å². The lowest BCUT2D eigenvalue weighted by Crippen LogP contribution is -2.01. The molecule has 0 N–H and O–H groups in total. The van der Waals surface area contributed by atoms with Gasteiger partial charge in [-0.3, -0.25) is 0 Å². The van der Waals surface area contributed by atoms with Crippen molar-refractivity contribution in [3.05, 3.63) is 231 Å². The SMILES string of the molecule is c1ccc(-c2ccc(-c3cc4c(cc3-n3c5ccccc5c5cc6ccccc6cc53)oc3cccc(-c5nc(-c6ccc7ccccc7c6)nc(-c6cccc7c6oc6ccccc67)n5)c34)cc2)cc1. The summed E-state index contributed by atoms with van der Waals surface area (Å²) in [6, 6.07) is 81.2. The van der Waals surface area contributed by atoms with Crippen molar-refractivity contribution in [3.63, 3.8) is 0 Å². The Balaban J connectivity index is 0.998. The number of nitrogens with zero attached hydrogens (tertiary/aromatic N) is 4. The highest BCUT2D eigenvalue weighted by Gasteiger charge is 2.24. The molecule has 15 aromatic rings. The van der Waals surface area contributed by atoms with E-state index in [4.69, 9.17) is 23.8 Å². The molecule has 0 saturated heterocycles. The first kappa shape index (κ1) is 39.4. The summed E-state index contributed by atoms with van der Waals surface area (Å²) < 4.78 is 16.0. The lowest BCUT2D eigenvalue weighted by Gasteiger charge is -2.15. The molecular weight excluding hydrogens is 869 g/mol. The molecule has 0 spiro atoms. The molecule has 0 aliphatic heterocycles. The second-order valence-corrected chi connectivity index (χ2v) is 18.3. The number of para-hydroxylation sites is 3. The van der Waals surface area contributed by atoms with E-state index >= 15 is 0 Å². The van der Waals surface area contributed by atoms with Crippen LogP contribution in [0.3, 0.4) is 0 Å². The van der Waals surface area contributed by atoms with E-state index in [0.29, 0.717) is 17.5 Å². The van der Waals surface area contributed by atoms with E-state index < -0.39 is 0 Å². The minimum Gasteiger partial charge on any atom is -0.456 e. The lowest BCUT2D eigenvalue weighted by atomic mass is 9.96. The number of hydrogen-bond acceptors (Lipinski definition) is 5. The van der Waals surface area contributed by atoms with E-state index in [1.165, 1.54) is 27.1 Å². The van der Waals surface area contributed by atoms with Crippen molar-refractivity contribution in [2.24, 2.45) is 0 Å². The number of hydrogen-bond donors (Lipinski definition) is 0. The quantitative estimate of drug-likeness (QED) is 0.166. The number of benzene rings is 11. The van der Waals surface area contributed by atoms with Gasteiger partial charge in [-0.05, 0) is 86.8 Å². The van der Waals surface area contributed by atoms with Crippen molar-refractivity contribution < 1.29 is 8.83 Å². The van der Waals surface area contributed by atoms with Gasteiger partial charge >= 0.3 is 0 Å². The molecule has 0 atom stereocenters. The highest BCUT2D eigenvalue weighted by Crippen LogP contribution is 2.45. The van der Waals surface area contributed by atoms with Crippen LogP contribution in [-0.2, 0) is 0 Å². The van der Waals surface area contributed by atoms with E-state index in [0.717, 1.165) is 105 Å². The average Bonchev–Trinajstić information content (AvgIpc) is 4.11. The van der Waals surface area contributed by atoms with Crippen LogP contribution in [0.4, 0.5) is 0 Å². The number of aromatic nitrogens is 4. The van der Waals surface area contributed by atoms with Crippen LogP contribution >= 0.6 is 0 Å². The molecule has 0 fully saturated rings. The molecule has 71 heavy (non-hydrogen) atoms. The van der Waals surface area contributed by atoms with Gasteiger partial charge in [0.05, 0.1) is 22.3 Å². The maximum absolute atomic E-state index is 6.99. The molecule has 0 saturated carbocycles. The largest absolute Gasteiger partial charge is 0.456 e. The Hall–Kier alpha value is -9.65. The first-order valence-electron chi connectivity index (χ1n) is 23.9. The Morgan fingerprint density at radius 3 is 1.75 bits per heavy atom. The zero-order valence-corrected chi connectivity index (χ0v) is 38.0. The fourth-order valence-corrected chi connectivity index (χ4v) is 10.8. The summed E-state index contributed by atoms with van der Waals surface area (Å²) in [4.78, 5) is 15.9. The predicted octanol–water partition coefficient (Wildman–Crippen LogP) is 17.4. The molecule has 0 unspecified atom stereocenters. The summed E-state index contributed by atoms with van der Waals surface area (Å²) in [6.45, 7) is 0. The Morgan fingerprint density at radius 1 is 0.296 bits per heavy atom. The Labute approximate surface area is 406 Å². The molecule has 0 bridgehead atoms. The van der Waals surface area contributed by atoms with Gasteiger partial charge in [0.1, 0.15) is 22.3 Å². The van der Waals surface area contributed by atoms with Crippen molar-refractivity contribution in [1.82, 2.24) is 19.5 Å². The van der Waals surface area contributed by atoms with E-state index in [2.05, 4.69) is 193 Å². The summed E-state index contributed by atoms with van der Waals surface area (Å²) in [7, 11) is 0. The van der Waals surface area contributed by atoms with E-state index in [-0.39, 0.29) is 0 Å². The monoisotopic (exact) mass is 906 g/mol. The van der Waals surface area contributed by atoms with Crippen molar-refractivity contribution in [2.75, 3.05) is 0 Å². The van der Waals surface area contributed by atoms with Crippen LogP contribution in [0, 0.1) is 0 Å². The van der Waals surface area contributed by atoms with Crippen LogP contribution in [0.5, 0.6) is 0 Å². The zero-order chi connectivity index (χ0) is 46.6. The summed E-state index contributed by atoms with van der Waals surface area (Å²) in [6.07, 6.45) is 0. The average molecular weight is 907 g/mol. The second-order valence-electron chi connectivity index (χ2n) is 18.3. The zero-order valence-electron chi connectivity index (χ0n) is 38.0. The molecule has 0 radical (unpaired) electrons. The molecule has 6 heteroatoms. The number of fused-ring (bicyclic) bond motifs is 11. The van der Waals surface area contributed by atoms with Gasteiger partial charge in [0.25, 0.3) is 0 Å². The van der Waals surface area contributed by atoms with Gasteiger partial charge in [-0.2, -0.15) is 0 Å². The fraction of sp³-hybridized carbons (Fsp3) is 0. The molecule has 11 aromatic carbocycles. The predicted molar refractivity (Wildman–Crippen MR) is 291 cm³/mol. The van der Waals surface area contributed by atoms with E-state index in [1.807, 2.05) is 42.5 Å². The van der Waals surface area contributed by atoms with Crippen LogP contribution in [-0.4, -0.2) is 19.5 Å². The molecule has 6 nitrogen and oxygen atoms in total. The third kappa shape index (κ3) is 6.25. The van der Waals surface area contributed by atoms with Crippen LogP contribution in [0.15, 0.2) is 239 Å². The maximum atomic E-state index is 6.99. The third-order valence-electron chi connectivity index (χ3n) is 14.2. The molecule has 0 aliphatic carbocycles. The van der Waals surface area contributed by atoms with Gasteiger partial charge in [0.15, 0.2) is 17.5 Å². The third-order valence-corrected chi connectivity index (χ3v) is 14.2. The topological polar surface area (TPSA) is 69.9 Å². The molecule has 15 rings (SSSR count). The Bertz CT molecular complexity index is 4640. The Kier molecular flexibility index (Phi) is 8.56. The van der Waals surface area contributed by atoms with Gasteiger partial charge in [0, 0.05) is 55.1 Å². The molecule has 4 aromatic heterocycles. The van der Waals surface area contributed by atoms with E-state index in [1.54, 1.807) is 0 Å². The summed E-state index contributed by atoms with van der Waals surface area (Å²) >= 11 is 0. The van der Waals surface area contributed by atoms with Crippen LogP contribution in [0.25, 0.3) is 149 Å². The summed E-state index contributed by atoms with van der Waals surface area (Å²) in [5, 5.41) is 11.0. The van der Waals surface area contributed by atoms with Crippen LogP contribution < -0.4 is 0 Å². The fourth-order valence-electron chi connectivity index (χ4n) is 10.8. The Morgan fingerprint density at radius 2 is 0.901 bits per heavy atom. The summed E-state index contributed by atoms with van der Waals surface area (Å²) in [5.41, 5.74) is 13.3. The van der Waals surface area contributed by atoms with Gasteiger partial charge in [-0.15, -0.1) is 0 Å². The standard InChI is InChI=1S/C65H38N4O2/c1-2-14-39(15-3-1)41-28-31-42(32-29-41)52-37-54-60(38-57(52)69-55-25-10-8-20-47(55)53-35-44-18-6-7-19-45(44)36-56(53)69)70-59-27-13-23-50(61(54)59)64-66-63(46-33-30-40-16-4-5-17-43(40)34-46)67-65(68-64)51-24-12-22-49-48-21-9-11-26-58(48)71-62(49)51/h1-38H.